The molecule has 1 aliphatic heterocycles. The van der Waals surface area contributed by atoms with Gasteiger partial charge in [0.25, 0.3) is 0 Å². The van der Waals surface area contributed by atoms with Crippen LogP contribution in [0.5, 0.6) is 0 Å². The number of morpholine rings is 1. The summed E-state index contributed by atoms with van der Waals surface area (Å²) in [7, 11) is 0. The summed E-state index contributed by atoms with van der Waals surface area (Å²) in [5.74, 6) is 0. The number of nitrogens with one attached hydrogen (secondary N) is 1. The van der Waals surface area contributed by atoms with Crippen LogP contribution >= 0.6 is 11.3 Å². The second-order valence-corrected chi connectivity index (χ2v) is 7.17. The first-order chi connectivity index (χ1) is 8.98. The summed E-state index contributed by atoms with van der Waals surface area (Å²) in [6.45, 7) is 13.5. The molecule has 5 heteroatoms. The van der Waals surface area contributed by atoms with E-state index >= 15 is 0 Å². The first kappa shape index (κ1) is 14.9. The third-order valence-electron chi connectivity index (χ3n) is 3.24. The molecule has 1 saturated heterocycles. The lowest BCUT2D eigenvalue weighted by molar-refractivity contribution is -0.0282. The third-order valence-corrected chi connectivity index (χ3v) is 4.33. The number of thiazole rings is 1. The van der Waals surface area contributed by atoms with Crippen LogP contribution < -0.4 is 5.32 Å². The fraction of sp³-hybridized carbons (Fsp3) is 0.786. The van der Waals surface area contributed by atoms with E-state index in [2.05, 4.69) is 42.9 Å². The van der Waals surface area contributed by atoms with Crippen LogP contribution in [-0.4, -0.2) is 41.7 Å². The normalized spacial score (nSPS) is 21.8. The minimum Gasteiger partial charge on any atom is -0.368 e. The van der Waals surface area contributed by atoms with Gasteiger partial charge in [-0.05, 0) is 27.3 Å². The van der Waals surface area contributed by atoms with E-state index in [0.29, 0.717) is 0 Å². The largest absolute Gasteiger partial charge is 0.368 e. The van der Waals surface area contributed by atoms with Crippen molar-refractivity contribution in [3.05, 3.63) is 16.1 Å². The molecule has 0 aromatic carbocycles. The second kappa shape index (κ2) is 6.31. The molecule has 4 nitrogen and oxygen atoms in total. The molecule has 0 spiro atoms. The van der Waals surface area contributed by atoms with Crippen LogP contribution in [0.3, 0.4) is 0 Å². The maximum Gasteiger partial charge on any atom is 0.123 e. The van der Waals surface area contributed by atoms with Crippen molar-refractivity contribution in [3.8, 4) is 0 Å². The Hall–Kier alpha value is -0.490. The first-order valence-corrected chi connectivity index (χ1v) is 7.83. The summed E-state index contributed by atoms with van der Waals surface area (Å²) in [6, 6.07) is 0. The SMILES string of the molecule is CCN1CCOC(c2ncc(CNC(C)(C)C)s2)C1. The van der Waals surface area contributed by atoms with E-state index < -0.39 is 0 Å². The van der Waals surface area contributed by atoms with E-state index in [1.54, 1.807) is 11.3 Å². The van der Waals surface area contributed by atoms with Crippen molar-refractivity contribution in [2.45, 2.75) is 45.9 Å². The molecule has 0 saturated carbocycles. The van der Waals surface area contributed by atoms with E-state index in [4.69, 9.17) is 4.74 Å². The Morgan fingerprint density at radius 1 is 1.53 bits per heavy atom. The maximum atomic E-state index is 5.84. The second-order valence-electron chi connectivity index (χ2n) is 6.02. The van der Waals surface area contributed by atoms with Crippen molar-refractivity contribution in [2.75, 3.05) is 26.2 Å². The van der Waals surface area contributed by atoms with Gasteiger partial charge in [0.1, 0.15) is 11.1 Å². The fourth-order valence-electron chi connectivity index (χ4n) is 2.04. The number of hydrogen-bond donors (Lipinski definition) is 1. The van der Waals surface area contributed by atoms with E-state index in [1.807, 2.05) is 6.20 Å². The Kier molecular flexibility index (Phi) is 4.95. The molecule has 1 fully saturated rings. The molecule has 0 radical (unpaired) electrons. The van der Waals surface area contributed by atoms with Gasteiger partial charge in [0.05, 0.1) is 6.61 Å². The summed E-state index contributed by atoms with van der Waals surface area (Å²) >= 11 is 1.77. The molecule has 108 valence electrons. The average Bonchev–Trinajstić information content (AvgIpc) is 2.84. The predicted molar refractivity (Wildman–Crippen MR) is 79.5 cm³/mol. The van der Waals surface area contributed by atoms with Gasteiger partial charge in [0.2, 0.25) is 0 Å². The highest BCUT2D eigenvalue weighted by atomic mass is 32.1. The van der Waals surface area contributed by atoms with Gasteiger partial charge in [-0.1, -0.05) is 6.92 Å². The van der Waals surface area contributed by atoms with Gasteiger partial charge in [0.15, 0.2) is 0 Å². The summed E-state index contributed by atoms with van der Waals surface area (Å²) in [5.41, 5.74) is 0.143. The lowest BCUT2D eigenvalue weighted by atomic mass is 10.1. The van der Waals surface area contributed by atoms with E-state index in [0.717, 1.165) is 37.8 Å². The van der Waals surface area contributed by atoms with E-state index in [-0.39, 0.29) is 11.6 Å². The van der Waals surface area contributed by atoms with Gasteiger partial charge in [0, 0.05) is 36.2 Å². The number of hydrogen-bond acceptors (Lipinski definition) is 5. The van der Waals surface area contributed by atoms with Crippen LogP contribution in [0.2, 0.25) is 0 Å². The van der Waals surface area contributed by atoms with Crippen LogP contribution in [0.25, 0.3) is 0 Å². The highest BCUT2D eigenvalue weighted by Gasteiger charge is 2.23. The quantitative estimate of drug-likeness (QED) is 0.921. The Labute approximate surface area is 120 Å². The molecule has 1 aliphatic rings. The Morgan fingerprint density at radius 2 is 2.32 bits per heavy atom. The lowest BCUT2D eigenvalue weighted by Crippen LogP contribution is -2.37. The van der Waals surface area contributed by atoms with Crippen LogP contribution in [-0.2, 0) is 11.3 Å². The summed E-state index contributed by atoms with van der Waals surface area (Å²) in [4.78, 5) is 8.24. The fourth-order valence-corrected chi connectivity index (χ4v) is 2.94. The number of nitrogens with zero attached hydrogens (tertiary/aromatic N) is 2. The monoisotopic (exact) mass is 283 g/mol. The van der Waals surface area contributed by atoms with Gasteiger partial charge in [-0.3, -0.25) is 4.90 Å². The molecule has 1 aromatic rings. The van der Waals surface area contributed by atoms with E-state index in [1.165, 1.54) is 4.88 Å². The number of likely N-dealkylation sites (N-methyl/N-ethyl adjacent to an activating group) is 1. The smallest absolute Gasteiger partial charge is 0.123 e. The van der Waals surface area contributed by atoms with Crippen LogP contribution in [0.15, 0.2) is 6.20 Å². The maximum absolute atomic E-state index is 5.84. The van der Waals surface area contributed by atoms with Gasteiger partial charge in [-0.15, -0.1) is 11.3 Å². The molecule has 0 bridgehead atoms. The van der Waals surface area contributed by atoms with Crippen molar-refractivity contribution in [2.24, 2.45) is 0 Å². The molecule has 19 heavy (non-hydrogen) atoms. The minimum atomic E-state index is 0.143. The van der Waals surface area contributed by atoms with Gasteiger partial charge in [-0.2, -0.15) is 0 Å². The molecule has 0 amide bonds. The van der Waals surface area contributed by atoms with Gasteiger partial charge in [-0.25, -0.2) is 4.98 Å². The zero-order chi connectivity index (χ0) is 13.9. The topological polar surface area (TPSA) is 37.4 Å². The molecule has 2 heterocycles. The van der Waals surface area contributed by atoms with Crippen LogP contribution in [0, 0.1) is 0 Å². The van der Waals surface area contributed by atoms with Crippen molar-refractivity contribution in [1.29, 1.82) is 0 Å². The highest BCUT2D eigenvalue weighted by molar-refractivity contribution is 7.11. The molecule has 1 unspecified atom stereocenters. The molecule has 0 aliphatic carbocycles. The molecule has 1 atom stereocenters. The lowest BCUT2D eigenvalue weighted by Gasteiger charge is -2.30. The predicted octanol–water partition coefficient (Wildman–Crippen LogP) is 2.42. The summed E-state index contributed by atoms with van der Waals surface area (Å²) in [5, 5.41) is 4.61. The molecular formula is C14H25N3OS. The standard InChI is InChI=1S/C14H25N3OS/c1-5-17-6-7-18-12(10-17)13-15-8-11(19-13)9-16-14(2,3)4/h8,12,16H,5-7,9-10H2,1-4H3. The Bertz CT molecular complexity index is 400. The zero-order valence-corrected chi connectivity index (χ0v) is 13.2. The minimum absolute atomic E-state index is 0.143. The number of ether oxygens (including phenoxy) is 1. The zero-order valence-electron chi connectivity index (χ0n) is 12.4. The number of rotatable bonds is 4. The van der Waals surface area contributed by atoms with Crippen molar-refractivity contribution in [1.82, 2.24) is 15.2 Å². The van der Waals surface area contributed by atoms with Crippen molar-refractivity contribution in [3.63, 3.8) is 0 Å². The average molecular weight is 283 g/mol. The molecule has 2 rings (SSSR count). The summed E-state index contributed by atoms with van der Waals surface area (Å²) < 4.78 is 5.84. The van der Waals surface area contributed by atoms with Crippen LogP contribution in [0.4, 0.5) is 0 Å². The van der Waals surface area contributed by atoms with Crippen molar-refractivity contribution >= 4 is 11.3 Å². The van der Waals surface area contributed by atoms with Crippen molar-refractivity contribution < 1.29 is 4.74 Å². The van der Waals surface area contributed by atoms with Gasteiger partial charge >= 0.3 is 0 Å². The van der Waals surface area contributed by atoms with E-state index in [9.17, 15) is 0 Å². The molecule has 1 N–H and O–H groups in total. The van der Waals surface area contributed by atoms with Gasteiger partial charge < -0.3 is 10.1 Å². The van der Waals surface area contributed by atoms with Crippen LogP contribution in [0.1, 0.15) is 43.7 Å². The summed E-state index contributed by atoms with van der Waals surface area (Å²) in [6.07, 6.45) is 2.13. The number of aromatic nitrogens is 1. The first-order valence-electron chi connectivity index (χ1n) is 7.01. The molecule has 1 aromatic heterocycles. The molecular weight excluding hydrogens is 258 g/mol. The highest BCUT2D eigenvalue weighted by Crippen LogP contribution is 2.26. The third kappa shape index (κ3) is 4.53. The Morgan fingerprint density at radius 3 is 3.00 bits per heavy atom. The Balaban J connectivity index is 1.93.